The predicted octanol–water partition coefficient (Wildman–Crippen LogP) is 1.93. The van der Waals surface area contributed by atoms with Gasteiger partial charge in [-0.25, -0.2) is 4.98 Å². The van der Waals surface area contributed by atoms with Gasteiger partial charge in [-0.3, -0.25) is 4.90 Å². The van der Waals surface area contributed by atoms with E-state index < -0.39 is 0 Å². The third-order valence-corrected chi connectivity index (χ3v) is 5.03. The highest BCUT2D eigenvalue weighted by atomic mass is 15.2. The predicted molar refractivity (Wildman–Crippen MR) is 75.0 cm³/mol. The number of imidazole rings is 1. The zero-order valence-corrected chi connectivity index (χ0v) is 11.6. The van der Waals surface area contributed by atoms with Gasteiger partial charge in [0.15, 0.2) is 0 Å². The van der Waals surface area contributed by atoms with Crippen molar-refractivity contribution < 1.29 is 0 Å². The molecule has 0 bridgehead atoms. The van der Waals surface area contributed by atoms with Gasteiger partial charge in [0.05, 0.1) is 12.0 Å². The standard InChI is InChI=1S/C15H24N4/c1-3-14(17-7-1)15-4-2-8-18(15)10-13-9-16-11-19(13)12-5-6-12/h9,11-12,14-15,17H,1-8,10H2. The molecule has 104 valence electrons. The monoisotopic (exact) mass is 260 g/mol. The molecule has 1 saturated carbocycles. The normalized spacial score (nSPS) is 32.2. The summed E-state index contributed by atoms with van der Waals surface area (Å²) in [5.74, 6) is 0. The Bertz CT molecular complexity index is 431. The molecule has 0 spiro atoms. The molecule has 0 aromatic carbocycles. The Morgan fingerprint density at radius 1 is 1.21 bits per heavy atom. The van der Waals surface area contributed by atoms with E-state index in [1.54, 1.807) is 0 Å². The second-order valence-electron chi connectivity index (χ2n) is 6.41. The lowest BCUT2D eigenvalue weighted by Gasteiger charge is -2.29. The Kier molecular flexibility index (Phi) is 3.08. The van der Waals surface area contributed by atoms with Crippen molar-refractivity contribution in [2.24, 2.45) is 0 Å². The smallest absolute Gasteiger partial charge is 0.0951 e. The second-order valence-corrected chi connectivity index (χ2v) is 6.41. The van der Waals surface area contributed by atoms with Crippen LogP contribution in [0.4, 0.5) is 0 Å². The SMILES string of the molecule is c1ncn(C2CC2)c1CN1CCCC1C1CCCN1. The lowest BCUT2D eigenvalue weighted by atomic mass is 10.0. The molecule has 1 N–H and O–H groups in total. The molecule has 2 unspecified atom stereocenters. The third-order valence-electron chi connectivity index (χ3n) is 5.03. The van der Waals surface area contributed by atoms with Crippen LogP contribution in [-0.4, -0.2) is 39.6 Å². The Morgan fingerprint density at radius 2 is 2.16 bits per heavy atom. The van der Waals surface area contributed by atoms with Crippen molar-refractivity contribution >= 4 is 0 Å². The summed E-state index contributed by atoms with van der Waals surface area (Å²) >= 11 is 0. The number of aromatic nitrogens is 2. The molecule has 2 atom stereocenters. The molecule has 1 aromatic heterocycles. The van der Waals surface area contributed by atoms with E-state index in [4.69, 9.17) is 0 Å². The minimum absolute atomic E-state index is 0.736. The van der Waals surface area contributed by atoms with E-state index in [1.807, 2.05) is 6.33 Å². The Hall–Kier alpha value is -0.870. The first-order valence-corrected chi connectivity index (χ1v) is 7.90. The van der Waals surface area contributed by atoms with Crippen molar-refractivity contribution in [2.45, 2.75) is 63.2 Å². The van der Waals surface area contributed by atoms with Gasteiger partial charge in [0.1, 0.15) is 0 Å². The van der Waals surface area contributed by atoms with Crippen molar-refractivity contribution in [2.75, 3.05) is 13.1 Å². The first-order valence-electron chi connectivity index (χ1n) is 7.90. The van der Waals surface area contributed by atoms with Crippen molar-refractivity contribution in [3.05, 3.63) is 18.2 Å². The summed E-state index contributed by atoms with van der Waals surface area (Å²) in [6, 6.07) is 2.24. The van der Waals surface area contributed by atoms with Crippen LogP contribution < -0.4 is 5.32 Å². The van der Waals surface area contributed by atoms with E-state index in [1.165, 1.54) is 57.3 Å². The molecule has 0 radical (unpaired) electrons. The van der Waals surface area contributed by atoms with Crippen LogP contribution in [0.25, 0.3) is 0 Å². The van der Waals surface area contributed by atoms with Gasteiger partial charge in [0.25, 0.3) is 0 Å². The molecule has 19 heavy (non-hydrogen) atoms. The highest BCUT2D eigenvalue weighted by Gasteiger charge is 2.34. The Morgan fingerprint density at radius 3 is 2.95 bits per heavy atom. The number of hydrogen-bond donors (Lipinski definition) is 1. The summed E-state index contributed by atoms with van der Waals surface area (Å²) in [7, 11) is 0. The fourth-order valence-corrected chi connectivity index (χ4v) is 3.89. The minimum Gasteiger partial charge on any atom is -0.330 e. The first-order chi connectivity index (χ1) is 9.42. The molecular formula is C15H24N4. The van der Waals surface area contributed by atoms with Gasteiger partial charge in [-0.1, -0.05) is 0 Å². The van der Waals surface area contributed by atoms with Crippen LogP contribution in [0.15, 0.2) is 12.5 Å². The van der Waals surface area contributed by atoms with Crippen molar-refractivity contribution in [1.82, 2.24) is 19.8 Å². The van der Waals surface area contributed by atoms with E-state index in [2.05, 4.69) is 26.0 Å². The van der Waals surface area contributed by atoms with E-state index in [0.29, 0.717) is 0 Å². The van der Waals surface area contributed by atoms with E-state index >= 15 is 0 Å². The maximum absolute atomic E-state index is 4.37. The largest absolute Gasteiger partial charge is 0.330 e. The van der Waals surface area contributed by atoms with Crippen LogP contribution in [0.1, 0.15) is 50.3 Å². The second kappa shape index (κ2) is 4.91. The third kappa shape index (κ3) is 2.32. The summed E-state index contributed by atoms with van der Waals surface area (Å²) in [4.78, 5) is 7.06. The van der Waals surface area contributed by atoms with E-state index in [9.17, 15) is 0 Å². The van der Waals surface area contributed by atoms with Gasteiger partial charge in [0, 0.05) is 30.9 Å². The van der Waals surface area contributed by atoms with Gasteiger partial charge in [0.2, 0.25) is 0 Å². The molecule has 0 amide bonds. The van der Waals surface area contributed by atoms with Crippen LogP contribution in [-0.2, 0) is 6.54 Å². The average molecular weight is 260 g/mol. The number of rotatable bonds is 4. The Balaban J connectivity index is 1.47. The van der Waals surface area contributed by atoms with Gasteiger partial charge in [-0.15, -0.1) is 0 Å². The number of likely N-dealkylation sites (tertiary alicyclic amines) is 1. The molecular weight excluding hydrogens is 236 g/mol. The highest BCUT2D eigenvalue weighted by Crippen LogP contribution is 2.36. The van der Waals surface area contributed by atoms with Gasteiger partial charge in [-0.2, -0.15) is 0 Å². The van der Waals surface area contributed by atoms with Gasteiger partial charge >= 0.3 is 0 Å². The zero-order valence-electron chi connectivity index (χ0n) is 11.6. The van der Waals surface area contributed by atoms with E-state index in [-0.39, 0.29) is 0 Å². The summed E-state index contributed by atoms with van der Waals surface area (Å²) in [6.45, 7) is 3.58. The van der Waals surface area contributed by atoms with Crippen LogP contribution in [0.2, 0.25) is 0 Å². The van der Waals surface area contributed by atoms with Crippen LogP contribution in [0.5, 0.6) is 0 Å². The summed E-state index contributed by atoms with van der Waals surface area (Å²) < 4.78 is 2.41. The number of hydrogen-bond acceptors (Lipinski definition) is 3. The van der Waals surface area contributed by atoms with Crippen LogP contribution in [0, 0.1) is 0 Å². The molecule has 4 rings (SSSR count). The molecule has 4 nitrogen and oxygen atoms in total. The summed E-state index contributed by atoms with van der Waals surface area (Å²) in [6.07, 6.45) is 12.3. The molecule has 2 saturated heterocycles. The van der Waals surface area contributed by atoms with Crippen molar-refractivity contribution in [1.29, 1.82) is 0 Å². The zero-order chi connectivity index (χ0) is 12.7. The van der Waals surface area contributed by atoms with Crippen molar-refractivity contribution in [3.63, 3.8) is 0 Å². The fourth-order valence-electron chi connectivity index (χ4n) is 3.89. The fraction of sp³-hybridized carbons (Fsp3) is 0.800. The number of nitrogens with one attached hydrogen (secondary N) is 1. The van der Waals surface area contributed by atoms with Gasteiger partial charge < -0.3 is 9.88 Å². The quantitative estimate of drug-likeness (QED) is 0.898. The molecule has 4 heteroatoms. The van der Waals surface area contributed by atoms with Crippen molar-refractivity contribution in [3.8, 4) is 0 Å². The summed E-state index contributed by atoms with van der Waals surface area (Å²) in [5, 5.41) is 3.69. The van der Waals surface area contributed by atoms with E-state index in [0.717, 1.165) is 24.7 Å². The van der Waals surface area contributed by atoms with Crippen LogP contribution >= 0.6 is 0 Å². The topological polar surface area (TPSA) is 33.1 Å². The first kappa shape index (κ1) is 11.9. The highest BCUT2D eigenvalue weighted by molar-refractivity contribution is 5.05. The maximum Gasteiger partial charge on any atom is 0.0951 e. The molecule has 1 aliphatic carbocycles. The minimum atomic E-state index is 0.736. The summed E-state index contributed by atoms with van der Waals surface area (Å²) in [5.41, 5.74) is 1.42. The lowest BCUT2D eigenvalue weighted by Crippen LogP contribution is -2.43. The molecule has 2 aliphatic heterocycles. The lowest BCUT2D eigenvalue weighted by molar-refractivity contribution is 0.202. The van der Waals surface area contributed by atoms with Crippen LogP contribution in [0.3, 0.4) is 0 Å². The molecule has 3 heterocycles. The average Bonchev–Trinajstić information content (AvgIpc) is 2.90. The molecule has 3 fully saturated rings. The Labute approximate surface area is 115 Å². The van der Waals surface area contributed by atoms with Gasteiger partial charge in [-0.05, 0) is 51.6 Å². The number of nitrogens with zero attached hydrogens (tertiary/aromatic N) is 3. The molecule has 3 aliphatic rings. The molecule has 1 aromatic rings. The maximum atomic E-state index is 4.37.